The van der Waals surface area contributed by atoms with E-state index in [0.717, 1.165) is 11.1 Å². The largest absolute Gasteiger partial charge is 0.473 e. The van der Waals surface area contributed by atoms with Gasteiger partial charge < -0.3 is 24.8 Å². The van der Waals surface area contributed by atoms with Crippen molar-refractivity contribution >= 4 is 0 Å². The quantitative estimate of drug-likeness (QED) is 0.594. The summed E-state index contributed by atoms with van der Waals surface area (Å²) >= 11 is 0. The number of ether oxygens (including phenoxy) is 2. The second-order valence-corrected chi connectivity index (χ2v) is 6.77. The highest BCUT2D eigenvalue weighted by atomic mass is 16.6. The molecule has 0 amide bonds. The average Bonchev–Trinajstić information content (AvgIpc) is 2.77. The van der Waals surface area contributed by atoms with E-state index < -0.39 is 24.6 Å². The molecule has 1 saturated heterocycles. The molecule has 0 saturated carbocycles. The molecule has 150 valence electrons. The van der Waals surface area contributed by atoms with Gasteiger partial charge in [-0.15, -0.1) is 10.2 Å². The van der Waals surface area contributed by atoms with Gasteiger partial charge in [0.05, 0.1) is 12.2 Å². The Morgan fingerprint density at radius 2 is 1.55 bits per heavy atom. The zero-order valence-electron chi connectivity index (χ0n) is 15.5. The Hall–Kier alpha value is -2.91. The van der Waals surface area contributed by atoms with Gasteiger partial charge in [0.25, 0.3) is 0 Å². The van der Waals surface area contributed by atoms with Gasteiger partial charge in [-0.2, -0.15) is 4.98 Å². The van der Waals surface area contributed by atoms with E-state index in [-0.39, 0.29) is 18.9 Å². The molecule has 0 bridgehead atoms. The second kappa shape index (κ2) is 8.62. The Kier molecular flexibility index (Phi) is 5.77. The maximum atomic E-state index is 9.86. The van der Waals surface area contributed by atoms with Gasteiger partial charge >= 0.3 is 0 Å². The molecule has 8 nitrogen and oxygen atoms in total. The van der Waals surface area contributed by atoms with Crippen LogP contribution in [0.15, 0.2) is 60.7 Å². The third-order valence-corrected chi connectivity index (χ3v) is 4.66. The zero-order valence-corrected chi connectivity index (χ0v) is 15.5. The molecule has 29 heavy (non-hydrogen) atoms. The first-order valence-electron chi connectivity index (χ1n) is 9.30. The first-order valence-corrected chi connectivity index (χ1v) is 9.30. The molecular formula is C21H21N3O5. The molecule has 1 aromatic heterocycles. The summed E-state index contributed by atoms with van der Waals surface area (Å²) < 4.78 is 11.2. The minimum absolute atomic E-state index is 0.0214. The summed E-state index contributed by atoms with van der Waals surface area (Å²) in [6, 6.07) is 18.8. The number of aromatic nitrogens is 3. The fraction of sp³-hybridized carbons (Fsp3) is 0.286. The molecule has 3 N–H and O–H groups in total. The lowest BCUT2D eigenvalue weighted by Gasteiger charge is -2.34. The molecule has 0 radical (unpaired) electrons. The minimum Gasteiger partial charge on any atom is -0.473 e. The Bertz CT molecular complexity index is 930. The highest BCUT2D eigenvalue weighted by Gasteiger charge is 2.36. The lowest BCUT2D eigenvalue weighted by molar-refractivity contribution is -0.250. The summed E-state index contributed by atoms with van der Waals surface area (Å²) in [5.74, 6) is 0.684. The normalized spacial score (nSPS) is 24.2. The fourth-order valence-corrected chi connectivity index (χ4v) is 3.11. The number of hydrogen-bond donors (Lipinski definition) is 3. The van der Waals surface area contributed by atoms with Crippen LogP contribution in [-0.2, 0) is 4.74 Å². The lowest BCUT2D eigenvalue weighted by Crippen LogP contribution is -2.49. The number of aliphatic hydroxyl groups excluding tert-OH is 3. The number of hydrogen-bond acceptors (Lipinski definition) is 8. The highest BCUT2D eigenvalue weighted by molar-refractivity contribution is 5.65. The van der Waals surface area contributed by atoms with Crippen molar-refractivity contribution in [3.63, 3.8) is 0 Å². The monoisotopic (exact) mass is 395 g/mol. The van der Waals surface area contributed by atoms with Gasteiger partial charge in [-0.3, -0.25) is 0 Å². The number of nitrogens with zero attached hydrogens (tertiary/aromatic N) is 3. The third kappa shape index (κ3) is 4.41. The maximum Gasteiger partial charge on any atom is 0.244 e. The van der Waals surface area contributed by atoms with Crippen molar-refractivity contribution < 1.29 is 24.8 Å². The van der Waals surface area contributed by atoms with Crippen LogP contribution in [0, 0.1) is 0 Å². The van der Waals surface area contributed by atoms with Gasteiger partial charge in [0.1, 0.15) is 12.7 Å². The molecule has 4 atom stereocenters. The minimum atomic E-state index is -1.47. The van der Waals surface area contributed by atoms with Crippen molar-refractivity contribution in [1.82, 2.24) is 15.2 Å². The van der Waals surface area contributed by atoms with Crippen molar-refractivity contribution in [3.8, 4) is 28.5 Å². The van der Waals surface area contributed by atoms with Crippen LogP contribution >= 0.6 is 0 Å². The maximum absolute atomic E-state index is 9.86. The second-order valence-electron chi connectivity index (χ2n) is 6.77. The van der Waals surface area contributed by atoms with Gasteiger partial charge in [0.15, 0.2) is 17.8 Å². The molecule has 1 fully saturated rings. The zero-order chi connectivity index (χ0) is 20.2. The van der Waals surface area contributed by atoms with Crippen LogP contribution in [-0.4, -0.2) is 61.7 Å². The Morgan fingerprint density at radius 3 is 2.21 bits per heavy atom. The van der Waals surface area contributed by atoms with E-state index in [1.54, 1.807) is 0 Å². The van der Waals surface area contributed by atoms with Crippen molar-refractivity contribution in [3.05, 3.63) is 60.7 Å². The fourth-order valence-electron chi connectivity index (χ4n) is 3.11. The molecule has 3 aromatic rings. The van der Waals surface area contributed by atoms with E-state index in [2.05, 4.69) is 15.2 Å². The van der Waals surface area contributed by atoms with Gasteiger partial charge in [-0.05, 0) is 0 Å². The summed E-state index contributed by atoms with van der Waals surface area (Å²) in [6.45, 7) is 0.0214. The van der Waals surface area contributed by atoms with Gasteiger partial charge in [-0.1, -0.05) is 60.7 Å². The van der Waals surface area contributed by atoms with Crippen molar-refractivity contribution in [2.75, 3.05) is 6.61 Å². The molecule has 2 heterocycles. The molecule has 4 rings (SSSR count). The van der Waals surface area contributed by atoms with E-state index in [9.17, 15) is 15.3 Å². The Labute approximate surface area is 167 Å². The Morgan fingerprint density at radius 1 is 0.897 bits per heavy atom. The van der Waals surface area contributed by atoms with E-state index in [0.29, 0.717) is 11.5 Å². The smallest absolute Gasteiger partial charge is 0.244 e. The molecular weight excluding hydrogens is 374 g/mol. The van der Waals surface area contributed by atoms with E-state index in [1.165, 1.54) is 0 Å². The predicted octanol–water partition coefficient (Wildman–Crippen LogP) is 1.41. The molecule has 0 spiro atoms. The van der Waals surface area contributed by atoms with Crippen molar-refractivity contribution in [1.29, 1.82) is 0 Å². The van der Waals surface area contributed by atoms with Crippen LogP contribution in [0.3, 0.4) is 0 Å². The summed E-state index contributed by atoms with van der Waals surface area (Å²) in [5.41, 5.74) is 2.07. The molecule has 4 unspecified atom stereocenters. The van der Waals surface area contributed by atoms with Gasteiger partial charge in [0.2, 0.25) is 5.88 Å². The molecule has 2 aromatic carbocycles. The highest BCUT2D eigenvalue weighted by Crippen LogP contribution is 2.28. The summed E-state index contributed by atoms with van der Waals surface area (Å²) in [4.78, 5) is 4.53. The third-order valence-electron chi connectivity index (χ3n) is 4.66. The van der Waals surface area contributed by atoms with Crippen LogP contribution < -0.4 is 4.74 Å². The lowest BCUT2D eigenvalue weighted by atomic mass is 10.0. The molecule has 0 aliphatic carbocycles. The number of benzene rings is 2. The predicted molar refractivity (Wildman–Crippen MR) is 104 cm³/mol. The Balaban J connectivity index is 1.61. The first-order chi connectivity index (χ1) is 14.1. The van der Waals surface area contributed by atoms with Crippen molar-refractivity contribution in [2.45, 2.75) is 31.0 Å². The summed E-state index contributed by atoms with van der Waals surface area (Å²) in [6.07, 6.45) is -4.38. The SMILES string of the molecule is OC1CC(COc2nc(-c3ccccc3)nnc2-c2ccccc2)OC(O)C1O. The van der Waals surface area contributed by atoms with Crippen LogP contribution in [0.25, 0.3) is 22.6 Å². The average molecular weight is 395 g/mol. The van der Waals surface area contributed by atoms with Gasteiger partial charge in [0, 0.05) is 17.5 Å². The van der Waals surface area contributed by atoms with E-state index >= 15 is 0 Å². The van der Waals surface area contributed by atoms with Crippen LogP contribution in [0.2, 0.25) is 0 Å². The van der Waals surface area contributed by atoms with Crippen LogP contribution in [0.1, 0.15) is 6.42 Å². The molecule has 1 aliphatic rings. The van der Waals surface area contributed by atoms with E-state index in [4.69, 9.17) is 9.47 Å². The summed E-state index contributed by atoms with van der Waals surface area (Å²) in [5, 5.41) is 37.7. The van der Waals surface area contributed by atoms with Gasteiger partial charge in [-0.25, -0.2) is 0 Å². The topological polar surface area (TPSA) is 118 Å². The van der Waals surface area contributed by atoms with E-state index in [1.807, 2.05) is 60.7 Å². The van der Waals surface area contributed by atoms with Crippen LogP contribution in [0.5, 0.6) is 5.88 Å². The van der Waals surface area contributed by atoms with Crippen LogP contribution in [0.4, 0.5) is 0 Å². The summed E-state index contributed by atoms with van der Waals surface area (Å²) in [7, 11) is 0. The number of rotatable bonds is 5. The number of aliphatic hydroxyl groups is 3. The molecule has 1 aliphatic heterocycles. The van der Waals surface area contributed by atoms with Crippen molar-refractivity contribution in [2.24, 2.45) is 0 Å². The molecule has 8 heteroatoms. The first kappa shape index (κ1) is 19.4. The standard InChI is InChI=1S/C21H21N3O5/c25-16-11-15(29-21(27)18(16)26)12-28-20-17(13-7-3-1-4-8-13)23-24-19(22-20)14-9-5-2-6-10-14/h1-10,15-16,18,21,25-27H,11-12H2.